The Bertz CT molecular complexity index is 1010. The number of aromatic nitrogens is 4. The molecule has 1 atom stereocenters. The molecule has 3 aromatic rings. The normalized spacial score (nSPS) is 24.5. The highest BCUT2D eigenvalue weighted by atomic mass is 19.1. The predicted octanol–water partition coefficient (Wildman–Crippen LogP) is 4.43. The quantitative estimate of drug-likeness (QED) is 0.713. The molecule has 27 heavy (non-hydrogen) atoms. The minimum absolute atomic E-state index is 0.0241. The number of nitrogens with zero attached hydrogens (tertiary/aromatic N) is 3. The van der Waals surface area contributed by atoms with E-state index in [0.29, 0.717) is 17.2 Å². The van der Waals surface area contributed by atoms with Crippen LogP contribution in [0.1, 0.15) is 32.1 Å². The molecule has 0 amide bonds. The summed E-state index contributed by atoms with van der Waals surface area (Å²) in [4.78, 5) is 8.05. The fourth-order valence-corrected chi connectivity index (χ4v) is 4.53. The van der Waals surface area contributed by atoms with Crippen molar-refractivity contribution in [1.82, 2.24) is 20.2 Å². The molecule has 2 bridgehead atoms. The van der Waals surface area contributed by atoms with Crippen molar-refractivity contribution in [3.63, 3.8) is 0 Å². The molecule has 2 N–H and O–H groups in total. The Morgan fingerprint density at radius 2 is 1.85 bits per heavy atom. The van der Waals surface area contributed by atoms with Crippen LogP contribution in [0.5, 0.6) is 0 Å². The van der Waals surface area contributed by atoms with Gasteiger partial charge in [0.2, 0.25) is 0 Å². The van der Waals surface area contributed by atoms with E-state index in [-0.39, 0.29) is 28.9 Å². The molecule has 140 valence electrons. The van der Waals surface area contributed by atoms with Gasteiger partial charge in [0.25, 0.3) is 0 Å². The standard InChI is InChI=1S/C19H18F3N5/c20-11-6-12-16(26-27-18(12)23-8-11)17-13(21)7-14(22)19(25-17)24-15-5-9-1-3-10(15)4-2-9/h6-10,15H,1-5H2,(H,24,25)(H,23,26,27)/t9?,10?,15-/m1/s1. The molecule has 3 aliphatic carbocycles. The van der Waals surface area contributed by atoms with Crippen molar-refractivity contribution in [1.29, 1.82) is 0 Å². The molecule has 3 fully saturated rings. The fraction of sp³-hybridized carbons (Fsp3) is 0.421. The van der Waals surface area contributed by atoms with E-state index in [4.69, 9.17) is 0 Å². The first kappa shape index (κ1) is 16.5. The largest absolute Gasteiger partial charge is 0.365 e. The zero-order valence-electron chi connectivity index (χ0n) is 14.5. The molecule has 5 nitrogen and oxygen atoms in total. The third kappa shape index (κ3) is 2.83. The van der Waals surface area contributed by atoms with Crippen LogP contribution in [0.25, 0.3) is 22.4 Å². The van der Waals surface area contributed by atoms with Crippen LogP contribution in [-0.4, -0.2) is 26.2 Å². The number of hydrogen-bond donors (Lipinski definition) is 2. The van der Waals surface area contributed by atoms with Gasteiger partial charge in [0.1, 0.15) is 11.5 Å². The minimum Gasteiger partial charge on any atom is -0.365 e. The lowest BCUT2D eigenvalue weighted by atomic mass is 9.68. The summed E-state index contributed by atoms with van der Waals surface area (Å²) in [6, 6.07) is 2.17. The van der Waals surface area contributed by atoms with Gasteiger partial charge in [0, 0.05) is 12.1 Å². The molecule has 0 unspecified atom stereocenters. The Morgan fingerprint density at radius 1 is 1.04 bits per heavy atom. The summed E-state index contributed by atoms with van der Waals surface area (Å²) < 4.78 is 42.4. The lowest BCUT2D eigenvalue weighted by Crippen LogP contribution is -2.40. The van der Waals surface area contributed by atoms with E-state index in [1.54, 1.807) is 0 Å². The van der Waals surface area contributed by atoms with Gasteiger partial charge in [-0.2, -0.15) is 5.10 Å². The molecule has 3 aliphatic rings. The number of anilines is 1. The Balaban J connectivity index is 1.53. The van der Waals surface area contributed by atoms with Crippen LogP contribution in [0.15, 0.2) is 18.3 Å². The Morgan fingerprint density at radius 3 is 2.59 bits per heavy atom. The molecular weight excluding hydrogens is 355 g/mol. The second kappa shape index (κ2) is 6.21. The van der Waals surface area contributed by atoms with E-state index in [2.05, 4.69) is 25.5 Å². The van der Waals surface area contributed by atoms with Gasteiger partial charge >= 0.3 is 0 Å². The first-order valence-corrected chi connectivity index (χ1v) is 9.21. The molecule has 6 rings (SSSR count). The van der Waals surface area contributed by atoms with Gasteiger partial charge in [-0.15, -0.1) is 0 Å². The maximum absolute atomic E-state index is 14.5. The van der Waals surface area contributed by atoms with Crippen LogP contribution >= 0.6 is 0 Å². The first-order chi connectivity index (χ1) is 13.1. The molecule has 0 aromatic carbocycles. The predicted molar refractivity (Wildman–Crippen MR) is 94.5 cm³/mol. The topological polar surface area (TPSA) is 66.5 Å². The Hall–Kier alpha value is -2.64. The van der Waals surface area contributed by atoms with Crippen molar-refractivity contribution in [3.8, 4) is 11.4 Å². The number of H-pyrrole nitrogens is 1. The average molecular weight is 373 g/mol. The Kier molecular flexibility index (Phi) is 3.80. The average Bonchev–Trinajstić information content (AvgIpc) is 3.08. The molecule has 0 radical (unpaired) electrons. The summed E-state index contributed by atoms with van der Waals surface area (Å²) in [6.07, 6.45) is 6.74. The van der Waals surface area contributed by atoms with Gasteiger partial charge in [0.15, 0.2) is 23.1 Å². The van der Waals surface area contributed by atoms with E-state index in [9.17, 15) is 13.2 Å². The highest BCUT2D eigenvalue weighted by Crippen LogP contribution is 2.42. The van der Waals surface area contributed by atoms with Gasteiger partial charge in [-0.25, -0.2) is 23.1 Å². The lowest BCUT2D eigenvalue weighted by Gasteiger charge is -2.42. The van der Waals surface area contributed by atoms with Gasteiger partial charge in [-0.05, 0) is 37.2 Å². The lowest BCUT2D eigenvalue weighted by molar-refractivity contribution is 0.157. The number of hydrogen-bond acceptors (Lipinski definition) is 4. The maximum Gasteiger partial charge on any atom is 0.181 e. The Labute approximate surface area is 153 Å². The van der Waals surface area contributed by atoms with Crippen LogP contribution in [0, 0.1) is 29.3 Å². The number of fused-ring (bicyclic) bond motifs is 4. The van der Waals surface area contributed by atoms with Crippen molar-refractivity contribution < 1.29 is 13.2 Å². The van der Waals surface area contributed by atoms with Crippen LogP contribution in [0.2, 0.25) is 0 Å². The molecule has 0 saturated heterocycles. The van der Waals surface area contributed by atoms with Crippen molar-refractivity contribution >= 4 is 16.9 Å². The van der Waals surface area contributed by atoms with E-state index < -0.39 is 17.5 Å². The zero-order valence-corrected chi connectivity index (χ0v) is 14.5. The van der Waals surface area contributed by atoms with Crippen LogP contribution < -0.4 is 5.32 Å². The SMILES string of the molecule is Fc1cnc2n[nH]c(-c3nc(N[C@@H]4CC5CCC4CC5)c(F)cc3F)c2c1. The number of aromatic amines is 1. The third-order valence-corrected chi connectivity index (χ3v) is 5.91. The number of pyridine rings is 2. The highest BCUT2D eigenvalue weighted by Gasteiger charge is 2.36. The van der Waals surface area contributed by atoms with E-state index in [1.807, 2.05) is 0 Å². The summed E-state index contributed by atoms with van der Waals surface area (Å²) in [5.41, 5.74) is 0.327. The fourth-order valence-electron chi connectivity index (χ4n) is 4.53. The van der Waals surface area contributed by atoms with Crippen molar-refractivity contribution in [3.05, 3.63) is 35.8 Å². The molecule has 3 aromatic heterocycles. The molecule has 3 heterocycles. The summed E-state index contributed by atoms with van der Waals surface area (Å²) in [5, 5.41) is 10.1. The monoisotopic (exact) mass is 373 g/mol. The maximum atomic E-state index is 14.5. The summed E-state index contributed by atoms with van der Waals surface area (Å²) >= 11 is 0. The van der Waals surface area contributed by atoms with Crippen molar-refractivity contribution in [2.45, 2.75) is 38.1 Å². The molecule has 0 spiro atoms. The van der Waals surface area contributed by atoms with E-state index in [0.717, 1.165) is 31.5 Å². The second-order valence-electron chi connectivity index (χ2n) is 7.54. The van der Waals surface area contributed by atoms with Crippen molar-refractivity contribution in [2.24, 2.45) is 11.8 Å². The summed E-state index contributed by atoms with van der Waals surface area (Å²) in [5.74, 6) is -0.943. The van der Waals surface area contributed by atoms with Crippen LogP contribution in [-0.2, 0) is 0 Å². The van der Waals surface area contributed by atoms with E-state index >= 15 is 0 Å². The first-order valence-electron chi connectivity index (χ1n) is 9.21. The van der Waals surface area contributed by atoms with Crippen LogP contribution in [0.3, 0.4) is 0 Å². The zero-order chi connectivity index (χ0) is 18.5. The van der Waals surface area contributed by atoms with Gasteiger partial charge < -0.3 is 5.32 Å². The number of nitrogens with one attached hydrogen (secondary N) is 2. The molecular formula is C19H18F3N5. The van der Waals surface area contributed by atoms with Crippen molar-refractivity contribution in [2.75, 3.05) is 5.32 Å². The smallest absolute Gasteiger partial charge is 0.181 e. The van der Waals surface area contributed by atoms with Gasteiger partial charge in [-0.3, -0.25) is 5.10 Å². The number of rotatable bonds is 3. The van der Waals surface area contributed by atoms with Gasteiger partial charge in [-0.1, -0.05) is 12.8 Å². The third-order valence-electron chi connectivity index (χ3n) is 5.91. The molecule has 3 saturated carbocycles. The molecule has 8 heteroatoms. The minimum atomic E-state index is -0.835. The summed E-state index contributed by atoms with van der Waals surface area (Å²) in [7, 11) is 0. The second-order valence-corrected chi connectivity index (χ2v) is 7.54. The molecule has 0 aliphatic heterocycles. The van der Waals surface area contributed by atoms with Crippen LogP contribution in [0.4, 0.5) is 19.0 Å². The summed E-state index contributed by atoms with van der Waals surface area (Å²) in [6.45, 7) is 0. The van der Waals surface area contributed by atoms with E-state index in [1.165, 1.54) is 18.9 Å². The number of halogens is 3. The van der Waals surface area contributed by atoms with Gasteiger partial charge in [0.05, 0.1) is 17.3 Å². The highest BCUT2D eigenvalue weighted by molar-refractivity contribution is 5.89.